The summed E-state index contributed by atoms with van der Waals surface area (Å²) in [6, 6.07) is 0. The molecule has 5 heteroatoms. The monoisotopic (exact) mass is 152 g/mol. The maximum Gasteiger partial charge on any atom is 0.294 e. The first-order chi connectivity index (χ1) is 4.86. The Morgan fingerprint density at radius 3 is 3.30 bits per heavy atom. The van der Waals surface area contributed by atoms with Gasteiger partial charge in [0.1, 0.15) is 11.7 Å². The first kappa shape index (κ1) is 5.55. The molecule has 10 heavy (non-hydrogen) atoms. The van der Waals surface area contributed by atoms with Gasteiger partial charge in [-0.15, -0.1) is 0 Å². The summed E-state index contributed by atoms with van der Waals surface area (Å²) in [5, 5.41) is 0. The fourth-order valence-electron chi connectivity index (χ4n) is 0.767. The van der Waals surface area contributed by atoms with Crippen LogP contribution in [0.5, 0.6) is 0 Å². The number of rotatable bonds is 0. The third-order valence-electron chi connectivity index (χ3n) is 1.20. The second-order valence-electron chi connectivity index (χ2n) is 1.87. The van der Waals surface area contributed by atoms with Crippen LogP contribution in [0.3, 0.4) is 0 Å². The fourth-order valence-corrected chi connectivity index (χ4v) is 0.920. The molecule has 2 rings (SSSR count). The van der Waals surface area contributed by atoms with Crippen LogP contribution in [0.25, 0.3) is 11.2 Å². The number of hydrogen-bond acceptors (Lipinski definition) is 3. The zero-order chi connectivity index (χ0) is 6.97. The highest BCUT2D eigenvalue weighted by Gasteiger charge is 1.99. The molecule has 0 saturated carbocycles. The Morgan fingerprint density at radius 2 is 2.40 bits per heavy atom. The molecule has 0 radical (unpaired) electrons. The van der Waals surface area contributed by atoms with Gasteiger partial charge in [-0.3, -0.25) is 0 Å². The Hall–Kier alpha value is -1.23. The normalized spacial score (nSPS) is 10.4. The molecule has 2 aromatic rings. The van der Waals surface area contributed by atoms with E-state index in [1.807, 2.05) is 0 Å². The first-order valence-electron chi connectivity index (χ1n) is 2.74. The lowest BCUT2D eigenvalue weighted by atomic mass is 10.6. The summed E-state index contributed by atoms with van der Waals surface area (Å²) in [5.41, 5.74) is 1.55. The van der Waals surface area contributed by atoms with Gasteiger partial charge < -0.3 is 21.8 Å². The molecule has 1 N–H and O–H groups in total. The molecule has 0 spiro atoms. The number of H-pyrrole nitrogens is 1. The van der Waals surface area contributed by atoms with Gasteiger partial charge in [-0.1, -0.05) is 0 Å². The molecule has 0 amide bonds. The van der Waals surface area contributed by atoms with E-state index in [1.54, 1.807) is 18.9 Å². The highest BCUT2D eigenvalue weighted by Crippen LogP contribution is 1.98. The summed E-state index contributed by atoms with van der Waals surface area (Å²) in [5.74, 6) is 0. The van der Waals surface area contributed by atoms with Gasteiger partial charge in [-0.05, 0) is 4.98 Å². The average Bonchev–Trinajstić information content (AvgIpc) is 2.33. The first-order valence-corrected chi connectivity index (χ1v) is 3.11. The van der Waals surface area contributed by atoms with E-state index >= 15 is 0 Å². The van der Waals surface area contributed by atoms with E-state index in [0.29, 0.717) is 5.65 Å². The van der Waals surface area contributed by atoms with Crippen LogP contribution in [-0.2, 0) is 12.8 Å². The number of aromatic nitrogens is 4. The smallest absolute Gasteiger partial charge is 0.294 e. The molecule has 4 nitrogen and oxygen atoms in total. The number of nitrogens with one attached hydrogen (secondary N) is 1. The molecule has 0 aromatic carbocycles. The van der Waals surface area contributed by atoms with E-state index in [9.17, 15) is 0 Å². The lowest BCUT2D eigenvalue weighted by Gasteiger charge is -1.95. The Balaban J connectivity index is 2.86. The van der Waals surface area contributed by atoms with Crippen molar-refractivity contribution in [1.29, 1.82) is 0 Å². The van der Waals surface area contributed by atoms with Crippen molar-refractivity contribution < 1.29 is 3.97 Å². The third-order valence-corrected chi connectivity index (χ3v) is 1.40. The second kappa shape index (κ2) is 1.88. The molecule has 2 aromatic heterocycles. The van der Waals surface area contributed by atoms with Gasteiger partial charge in [0.25, 0.3) is 12.0 Å². The summed E-state index contributed by atoms with van der Waals surface area (Å²) in [6.07, 6.45) is 4.89. The molecule has 50 valence electrons. The Morgan fingerprint density at radius 1 is 1.50 bits per heavy atom. The minimum absolute atomic E-state index is 0.695. The Bertz CT molecular complexity index is 355. The Labute approximate surface area is 62.5 Å². The van der Waals surface area contributed by atoms with Gasteiger partial charge in [-0.25, -0.2) is 0 Å². The third kappa shape index (κ3) is 0.714. The molecule has 0 aliphatic carbocycles. The molecule has 0 aliphatic rings. The van der Waals surface area contributed by atoms with Gasteiger partial charge in [0.2, 0.25) is 0 Å². The Kier molecular flexibility index (Phi) is 1.04. The largest absolute Gasteiger partial charge is 0.555 e. The van der Waals surface area contributed by atoms with E-state index in [-0.39, 0.29) is 0 Å². The molecule has 0 unspecified atom stereocenters. The molecule has 0 saturated heterocycles. The molecule has 0 atom stereocenters. The van der Waals surface area contributed by atoms with Gasteiger partial charge >= 0.3 is 0 Å². The summed E-state index contributed by atoms with van der Waals surface area (Å²) in [4.78, 5) is 10.8. The van der Waals surface area contributed by atoms with Crippen molar-refractivity contribution in [2.45, 2.75) is 0 Å². The molecule has 2 heterocycles. The van der Waals surface area contributed by atoms with Gasteiger partial charge in [0.15, 0.2) is 0 Å². The number of nitrogens with zero attached hydrogens (tertiary/aromatic N) is 3. The van der Waals surface area contributed by atoms with Crippen molar-refractivity contribution in [2.75, 3.05) is 0 Å². The van der Waals surface area contributed by atoms with Crippen LogP contribution in [0, 0.1) is 0 Å². The zero-order valence-corrected chi connectivity index (χ0v) is 5.80. The van der Waals surface area contributed by atoms with E-state index in [0.717, 1.165) is 5.52 Å². The minimum atomic E-state index is 0.695. The standard InChI is InChI=1S/C5H4N4S/c10-9-1-4-5(8-3-9)7-2-6-4/h1-3H,(H,6,7,8). The SMILES string of the molecule is [S-][n+]1cnc2nc[nH]c2c1. The van der Waals surface area contributed by atoms with Crippen molar-refractivity contribution in [3.8, 4) is 0 Å². The maximum absolute atomic E-state index is 4.81. The van der Waals surface area contributed by atoms with Gasteiger partial charge in [-0.2, -0.15) is 4.98 Å². The van der Waals surface area contributed by atoms with Crippen LogP contribution in [0.15, 0.2) is 18.9 Å². The quantitative estimate of drug-likeness (QED) is 0.411. The van der Waals surface area contributed by atoms with Crippen LogP contribution in [0.1, 0.15) is 0 Å². The van der Waals surface area contributed by atoms with Crippen LogP contribution in [-0.4, -0.2) is 15.0 Å². The topological polar surface area (TPSA) is 45.5 Å². The van der Waals surface area contributed by atoms with Gasteiger partial charge in [0.05, 0.1) is 6.33 Å². The molecular weight excluding hydrogens is 148 g/mol. The van der Waals surface area contributed by atoms with Crippen molar-refractivity contribution >= 4 is 24.0 Å². The second-order valence-corrected chi connectivity index (χ2v) is 2.30. The number of hydrogen-bond donors (Lipinski definition) is 1. The van der Waals surface area contributed by atoms with Crippen LogP contribution < -0.4 is 3.97 Å². The van der Waals surface area contributed by atoms with Crippen molar-refractivity contribution in [3.63, 3.8) is 0 Å². The molecule has 0 bridgehead atoms. The van der Waals surface area contributed by atoms with Crippen molar-refractivity contribution in [2.24, 2.45) is 0 Å². The summed E-state index contributed by atoms with van der Waals surface area (Å²) < 4.78 is 1.46. The lowest BCUT2D eigenvalue weighted by molar-refractivity contribution is -0.494. The van der Waals surface area contributed by atoms with Crippen LogP contribution >= 0.6 is 0 Å². The van der Waals surface area contributed by atoms with Crippen LogP contribution in [0.2, 0.25) is 0 Å². The van der Waals surface area contributed by atoms with E-state index in [2.05, 4.69) is 15.0 Å². The predicted molar refractivity (Wildman–Crippen MR) is 36.8 cm³/mol. The molecule has 0 fully saturated rings. The minimum Gasteiger partial charge on any atom is -0.555 e. The van der Waals surface area contributed by atoms with Crippen molar-refractivity contribution in [1.82, 2.24) is 15.0 Å². The van der Waals surface area contributed by atoms with Crippen molar-refractivity contribution in [3.05, 3.63) is 18.9 Å². The maximum atomic E-state index is 4.81. The molecule has 0 aliphatic heterocycles. The summed E-state index contributed by atoms with van der Waals surface area (Å²) in [6.45, 7) is 0. The molecular formula is C5H4N4S. The van der Waals surface area contributed by atoms with E-state index in [1.165, 1.54) is 3.97 Å². The highest BCUT2D eigenvalue weighted by atomic mass is 32.1. The predicted octanol–water partition coefficient (Wildman–Crippen LogP) is -0.445. The zero-order valence-electron chi connectivity index (χ0n) is 4.98. The fraction of sp³-hybridized carbons (Fsp3) is 0. The highest BCUT2D eigenvalue weighted by molar-refractivity contribution is 7.50. The number of aromatic amines is 1. The lowest BCUT2D eigenvalue weighted by Crippen LogP contribution is -2.25. The number of imidazole rings is 1. The van der Waals surface area contributed by atoms with Crippen LogP contribution in [0.4, 0.5) is 0 Å². The summed E-state index contributed by atoms with van der Waals surface area (Å²) >= 11 is 4.81. The number of fused-ring (bicyclic) bond motifs is 1. The average molecular weight is 152 g/mol. The van der Waals surface area contributed by atoms with Gasteiger partial charge in [0, 0.05) is 0 Å². The summed E-state index contributed by atoms with van der Waals surface area (Å²) in [7, 11) is 0. The van der Waals surface area contributed by atoms with E-state index in [4.69, 9.17) is 12.8 Å². The van der Waals surface area contributed by atoms with E-state index < -0.39 is 0 Å².